The lowest BCUT2D eigenvalue weighted by Crippen LogP contribution is -1.95. The molecular weight excluding hydrogens is 266 g/mol. The second-order valence-corrected chi connectivity index (χ2v) is 4.08. The third-order valence-corrected chi connectivity index (χ3v) is 2.60. The van der Waals surface area contributed by atoms with Crippen molar-refractivity contribution < 1.29 is 9.53 Å². The summed E-state index contributed by atoms with van der Waals surface area (Å²) in [5.74, 6) is 0.508. The van der Waals surface area contributed by atoms with Crippen LogP contribution < -0.4 is 4.74 Å². The maximum Gasteiger partial charge on any atom is 0.238 e. The number of hydrogen-bond donors (Lipinski definition) is 0. The zero-order chi connectivity index (χ0) is 13.8. The van der Waals surface area contributed by atoms with Gasteiger partial charge in [0.15, 0.2) is 11.5 Å². The summed E-state index contributed by atoms with van der Waals surface area (Å²) in [7, 11) is 0. The number of hydrogen-bond acceptors (Lipinski definition) is 5. The molecule has 1 aromatic heterocycles. The number of halogens is 1. The molecule has 0 saturated carbocycles. The smallest absolute Gasteiger partial charge is 0.238 e. The maximum atomic E-state index is 11.2. The van der Waals surface area contributed by atoms with E-state index < -0.39 is 0 Å². The first-order valence-corrected chi connectivity index (χ1v) is 5.70. The molecule has 1 heterocycles. The molecule has 0 N–H and O–H groups in total. The molecule has 0 saturated heterocycles. The molecule has 2 rings (SSSR count). The first-order chi connectivity index (χ1) is 9.10. The largest absolute Gasteiger partial charge is 0.436 e. The molecule has 0 bridgehead atoms. The van der Waals surface area contributed by atoms with Gasteiger partial charge in [-0.1, -0.05) is 11.6 Å². The minimum atomic E-state index is -0.0772. The van der Waals surface area contributed by atoms with Crippen molar-refractivity contribution in [3.05, 3.63) is 46.6 Å². The minimum absolute atomic E-state index is 0.0772. The molecule has 0 spiro atoms. The highest BCUT2D eigenvalue weighted by Crippen LogP contribution is 2.29. The fourth-order valence-corrected chi connectivity index (χ4v) is 1.57. The van der Waals surface area contributed by atoms with Crippen LogP contribution in [0.4, 0.5) is 0 Å². The number of carbonyl (C=O) groups excluding carboxylic acids is 1. The Kier molecular flexibility index (Phi) is 3.74. The van der Waals surface area contributed by atoms with Crippen molar-refractivity contribution in [2.75, 3.05) is 0 Å². The molecule has 0 fully saturated rings. The highest BCUT2D eigenvalue weighted by atomic mass is 35.5. The van der Waals surface area contributed by atoms with Gasteiger partial charge >= 0.3 is 0 Å². The van der Waals surface area contributed by atoms with E-state index in [9.17, 15) is 4.79 Å². The van der Waals surface area contributed by atoms with E-state index in [1.54, 1.807) is 12.1 Å². The number of Topliss-reactive ketones (excluding diaryl/α,β-unsaturated/α-hetero) is 1. The SMILES string of the molecule is CC(=O)c1ccc(Oc2ccc(C#N)nn2)c(Cl)c1. The lowest BCUT2D eigenvalue weighted by Gasteiger charge is -2.06. The van der Waals surface area contributed by atoms with Gasteiger partial charge in [-0.3, -0.25) is 4.79 Å². The highest BCUT2D eigenvalue weighted by Gasteiger charge is 2.08. The van der Waals surface area contributed by atoms with Crippen molar-refractivity contribution in [1.82, 2.24) is 10.2 Å². The van der Waals surface area contributed by atoms with Crippen LogP contribution in [0.2, 0.25) is 5.02 Å². The molecule has 94 valence electrons. The quantitative estimate of drug-likeness (QED) is 0.804. The normalized spacial score (nSPS) is 9.74. The topological polar surface area (TPSA) is 75.9 Å². The van der Waals surface area contributed by atoms with Crippen molar-refractivity contribution in [3.8, 4) is 17.7 Å². The van der Waals surface area contributed by atoms with E-state index >= 15 is 0 Å². The maximum absolute atomic E-state index is 11.2. The lowest BCUT2D eigenvalue weighted by molar-refractivity contribution is 0.101. The Morgan fingerprint density at radius 2 is 2.11 bits per heavy atom. The average molecular weight is 274 g/mol. The van der Waals surface area contributed by atoms with E-state index in [2.05, 4.69) is 10.2 Å². The molecule has 0 radical (unpaired) electrons. The lowest BCUT2D eigenvalue weighted by atomic mass is 10.1. The van der Waals surface area contributed by atoms with Gasteiger partial charge in [-0.05, 0) is 31.2 Å². The molecule has 0 aliphatic carbocycles. The summed E-state index contributed by atoms with van der Waals surface area (Å²) in [6.45, 7) is 1.46. The van der Waals surface area contributed by atoms with Crippen LogP contribution in [0.5, 0.6) is 11.6 Å². The van der Waals surface area contributed by atoms with Crippen molar-refractivity contribution in [1.29, 1.82) is 5.26 Å². The van der Waals surface area contributed by atoms with E-state index in [1.807, 2.05) is 6.07 Å². The summed E-state index contributed by atoms with van der Waals surface area (Å²) in [5, 5.41) is 16.3. The minimum Gasteiger partial charge on any atom is -0.436 e. The van der Waals surface area contributed by atoms with Gasteiger partial charge in [-0.2, -0.15) is 5.26 Å². The monoisotopic (exact) mass is 273 g/mol. The predicted octanol–water partition coefficient (Wildman–Crippen LogP) is 3.00. The third kappa shape index (κ3) is 3.06. The first-order valence-electron chi connectivity index (χ1n) is 5.32. The number of rotatable bonds is 3. The van der Waals surface area contributed by atoms with Gasteiger partial charge in [0.05, 0.1) is 5.02 Å². The molecule has 5 nitrogen and oxygen atoms in total. The summed E-state index contributed by atoms with van der Waals surface area (Å²) < 4.78 is 5.42. The average Bonchev–Trinajstić information content (AvgIpc) is 2.41. The van der Waals surface area contributed by atoms with Crippen LogP contribution in [0.1, 0.15) is 23.0 Å². The van der Waals surface area contributed by atoms with Crippen molar-refractivity contribution in [2.24, 2.45) is 0 Å². The Hall–Kier alpha value is -2.45. The van der Waals surface area contributed by atoms with Crippen molar-refractivity contribution in [3.63, 3.8) is 0 Å². The molecule has 0 amide bonds. The molecule has 0 aliphatic heterocycles. The summed E-state index contributed by atoms with van der Waals surface area (Å²) in [6.07, 6.45) is 0. The summed E-state index contributed by atoms with van der Waals surface area (Å²) in [5.41, 5.74) is 0.702. The number of benzene rings is 1. The third-order valence-electron chi connectivity index (χ3n) is 2.31. The molecule has 6 heteroatoms. The Bertz CT molecular complexity index is 663. The van der Waals surface area contributed by atoms with Crippen LogP contribution in [0, 0.1) is 11.3 Å². The number of nitrogens with zero attached hydrogens (tertiary/aromatic N) is 3. The Balaban J connectivity index is 2.23. The molecule has 0 aliphatic rings. The van der Waals surface area contributed by atoms with Crippen molar-refractivity contribution in [2.45, 2.75) is 6.92 Å². The number of ether oxygens (including phenoxy) is 1. The summed E-state index contributed by atoms with van der Waals surface area (Å²) in [4.78, 5) is 11.2. The van der Waals surface area contributed by atoms with Gasteiger partial charge < -0.3 is 4.74 Å². The molecular formula is C13H8ClN3O2. The van der Waals surface area contributed by atoms with Gasteiger partial charge in [-0.25, -0.2) is 0 Å². The van der Waals surface area contributed by atoms with Crippen LogP contribution in [-0.2, 0) is 0 Å². The Morgan fingerprint density at radius 1 is 1.32 bits per heavy atom. The Morgan fingerprint density at radius 3 is 2.63 bits per heavy atom. The van der Waals surface area contributed by atoms with Gasteiger partial charge in [0.1, 0.15) is 11.8 Å². The predicted molar refractivity (Wildman–Crippen MR) is 68.3 cm³/mol. The summed E-state index contributed by atoms with van der Waals surface area (Å²) >= 11 is 6.00. The van der Waals surface area contributed by atoms with E-state index in [4.69, 9.17) is 21.6 Å². The van der Waals surface area contributed by atoms with Crippen LogP contribution in [-0.4, -0.2) is 16.0 Å². The number of aromatic nitrogens is 2. The first kappa shape index (κ1) is 13.0. The van der Waals surface area contributed by atoms with Crippen molar-refractivity contribution >= 4 is 17.4 Å². The second kappa shape index (κ2) is 5.46. The molecule has 0 atom stereocenters. The van der Waals surface area contributed by atoms with E-state index in [1.165, 1.54) is 25.1 Å². The fraction of sp³-hybridized carbons (Fsp3) is 0.0769. The van der Waals surface area contributed by atoms with Crippen LogP contribution in [0.3, 0.4) is 0 Å². The zero-order valence-electron chi connectivity index (χ0n) is 9.92. The highest BCUT2D eigenvalue weighted by molar-refractivity contribution is 6.32. The van der Waals surface area contributed by atoms with E-state index in [-0.39, 0.29) is 17.4 Å². The summed E-state index contributed by atoms with van der Waals surface area (Å²) in [6, 6.07) is 9.58. The van der Waals surface area contributed by atoms with Crippen LogP contribution in [0.15, 0.2) is 30.3 Å². The molecule has 19 heavy (non-hydrogen) atoms. The van der Waals surface area contributed by atoms with E-state index in [0.29, 0.717) is 16.3 Å². The number of carbonyl (C=O) groups is 1. The zero-order valence-corrected chi connectivity index (χ0v) is 10.7. The van der Waals surface area contributed by atoms with Gasteiger partial charge in [-0.15, -0.1) is 10.2 Å². The van der Waals surface area contributed by atoms with Gasteiger partial charge in [0, 0.05) is 11.6 Å². The van der Waals surface area contributed by atoms with Gasteiger partial charge in [0.25, 0.3) is 0 Å². The standard InChI is InChI=1S/C13H8ClN3O2/c1-8(18)9-2-4-12(11(14)6-9)19-13-5-3-10(7-15)16-17-13/h2-6H,1H3. The number of ketones is 1. The number of nitriles is 1. The van der Waals surface area contributed by atoms with Crippen LogP contribution >= 0.6 is 11.6 Å². The molecule has 2 aromatic rings. The van der Waals surface area contributed by atoms with Gasteiger partial charge in [0.2, 0.25) is 5.88 Å². The molecule has 1 aromatic carbocycles. The van der Waals surface area contributed by atoms with Crippen LogP contribution in [0.25, 0.3) is 0 Å². The van der Waals surface area contributed by atoms with E-state index in [0.717, 1.165) is 0 Å². The second-order valence-electron chi connectivity index (χ2n) is 3.67. The molecule has 0 unspecified atom stereocenters. The fourth-order valence-electron chi connectivity index (χ4n) is 1.35. The Labute approximate surface area is 114 Å².